The quantitative estimate of drug-likeness (QED) is 0.554. The van der Waals surface area contributed by atoms with Gasteiger partial charge in [-0.05, 0) is 70.8 Å². The summed E-state index contributed by atoms with van der Waals surface area (Å²) in [6.07, 6.45) is 3.72. The fourth-order valence-electron chi connectivity index (χ4n) is 2.94. The van der Waals surface area contributed by atoms with Gasteiger partial charge in [0.2, 0.25) is 0 Å². The number of hydrogen-bond acceptors (Lipinski definition) is 3. The third-order valence-corrected chi connectivity index (χ3v) is 4.76. The van der Waals surface area contributed by atoms with Crippen molar-refractivity contribution in [1.82, 2.24) is 15.0 Å². The summed E-state index contributed by atoms with van der Waals surface area (Å²) < 4.78 is 0. The Morgan fingerprint density at radius 3 is 1.59 bits per heavy atom. The van der Waals surface area contributed by atoms with Crippen molar-refractivity contribution >= 4 is 0 Å². The van der Waals surface area contributed by atoms with E-state index in [-0.39, 0.29) is 10.8 Å². The van der Waals surface area contributed by atoms with Crippen molar-refractivity contribution in [3.8, 4) is 22.8 Å². The van der Waals surface area contributed by atoms with E-state index in [0.29, 0.717) is 0 Å². The van der Waals surface area contributed by atoms with E-state index in [1.807, 2.05) is 18.5 Å². The topological polar surface area (TPSA) is 38.7 Å². The SMILES string of the molecule is Cc1ccnc(-c2cc(C(C)(C)C)cc(-c3cc(C(C)(C)C)ccn3)n2)c1. The molecule has 0 bridgehead atoms. The number of aryl methyl sites for hydroxylation is 1. The summed E-state index contributed by atoms with van der Waals surface area (Å²) in [5, 5.41) is 0. The zero-order chi connectivity index (χ0) is 19.8. The lowest BCUT2D eigenvalue weighted by Crippen LogP contribution is -2.13. The second-order valence-corrected chi connectivity index (χ2v) is 9.27. The average Bonchev–Trinajstić information content (AvgIpc) is 2.60. The monoisotopic (exact) mass is 359 g/mol. The second-order valence-electron chi connectivity index (χ2n) is 9.27. The van der Waals surface area contributed by atoms with Crippen LogP contribution in [0.2, 0.25) is 0 Å². The zero-order valence-electron chi connectivity index (χ0n) is 17.5. The Hall–Kier alpha value is -2.55. The summed E-state index contributed by atoms with van der Waals surface area (Å²) >= 11 is 0. The van der Waals surface area contributed by atoms with Gasteiger partial charge in [-0.3, -0.25) is 9.97 Å². The van der Waals surface area contributed by atoms with Crippen molar-refractivity contribution in [2.45, 2.75) is 59.3 Å². The van der Waals surface area contributed by atoms with Crippen molar-refractivity contribution in [2.24, 2.45) is 0 Å². The summed E-state index contributed by atoms with van der Waals surface area (Å²) in [4.78, 5) is 14.1. The molecule has 0 fully saturated rings. The predicted octanol–water partition coefficient (Wildman–Crippen LogP) is 6.11. The molecule has 0 spiro atoms. The molecule has 0 atom stereocenters. The van der Waals surface area contributed by atoms with E-state index < -0.39 is 0 Å². The molecular weight excluding hydrogens is 330 g/mol. The van der Waals surface area contributed by atoms with E-state index in [1.165, 1.54) is 16.7 Å². The van der Waals surface area contributed by atoms with Crippen LogP contribution in [-0.2, 0) is 10.8 Å². The molecule has 0 aliphatic heterocycles. The van der Waals surface area contributed by atoms with E-state index in [0.717, 1.165) is 22.8 Å². The van der Waals surface area contributed by atoms with Crippen LogP contribution in [0.15, 0.2) is 48.8 Å². The molecule has 3 heterocycles. The van der Waals surface area contributed by atoms with E-state index in [9.17, 15) is 0 Å². The van der Waals surface area contributed by atoms with Crippen molar-refractivity contribution in [3.05, 3.63) is 65.5 Å². The van der Waals surface area contributed by atoms with Gasteiger partial charge in [0.1, 0.15) is 0 Å². The van der Waals surface area contributed by atoms with Crippen molar-refractivity contribution in [3.63, 3.8) is 0 Å². The first-order valence-corrected chi connectivity index (χ1v) is 9.46. The van der Waals surface area contributed by atoms with Crippen LogP contribution in [0, 0.1) is 6.92 Å². The van der Waals surface area contributed by atoms with Crippen molar-refractivity contribution in [2.75, 3.05) is 0 Å². The Bertz CT molecular complexity index is 960. The first kappa shape index (κ1) is 19.2. The molecule has 0 amide bonds. The number of rotatable bonds is 2. The molecular formula is C24H29N3. The van der Waals surface area contributed by atoms with E-state index in [2.05, 4.69) is 88.8 Å². The van der Waals surface area contributed by atoms with Crippen LogP contribution in [0.3, 0.4) is 0 Å². The van der Waals surface area contributed by atoms with Crippen molar-refractivity contribution in [1.29, 1.82) is 0 Å². The molecule has 0 aliphatic carbocycles. The first-order valence-electron chi connectivity index (χ1n) is 9.46. The summed E-state index contributed by atoms with van der Waals surface area (Å²) in [7, 11) is 0. The van der Waals surface area contributed by atoms with Crippen LogP contribution in [0.5, 0.6) is 0 Å². The summed E-state index contributed by atoms with van der Waals surface area (Å²) in [5.41, 5.74) is 7.34. The number of aromatic nitrogens is 3. The molecule has 3 aromatic rings. The highest BCUT2D eigenvalue weighted by Gasteiger charge is 2.20. The lowest BCUT2D eigenvalue weighted by Gasteiger charge is -2.22. The van der Waals surface area contributed by atoms with Crippen LogP contribution in [0.1, 0.15) is 58.2 Å². The van der Waals surface area contributed by atoms with Crippen LogP contribution >= 0.6 is 0 Å². The minimum Gasteiger partial charge on any atom is -0.255 e. The third-order valence-electron chi connectivity index (χ3n) is 4.76. The molecule has 140 valence electrons. The average molecular weight is 360 g/mol. The Kier molecular flexibility index (Phi) is 4.90. The molecule has 0 saturated heterocycles. The normalized spacial score (nSPS) is 12.3. The molecule has 0 aromatic carbocycles. The standard InChI is InChI=1S/C24H29N3/c1-16-8-10-25-19(12-16)21-14-18(24(5,6)7)15-22(27-21)20-13-17(9-11-26-20)23(2,3)4/h8-15H,1-7H3. The maximum atomic E-state index is 4.93. The maximum Gasteiger partial charge on any atom is 0.0897 e. The van der Waals surface area contributed by atoms with Gasteiger partial charge in [0.15, 0.2) is 0 Å². The molecule has 0 N–H and O–H groups in total. The van der Waals surface area contributed by atoms with Crippen LogP contribution in [0.4, 0.5) is 0 Å². The second kappa shape index (κ2) is 6.88. The van der Waals surface area contributed by atoms with Gasteiger partial charge in [0, 0.05) is 12.4 Å². The minimum absolute atomic E-state index is 0.0118. The summed E-state index contributed by atoms with van der Waals surface area (Å²) in [6, 6.07) is 12.6. The highest BCUT2D eigenvalue weighted by molar-refractivity contribution is 5.65. The van der Waals surface area contributed by atoms with Gasteiger partial charge in [0.25, 0.3) is 0 Å². The Labute approximate surface area is 162 Å². The van der Waals surface area contributed by atoms with Gasteiger partial charge in [0.05, 0.1) is 22.8 Å². The molecule has 3 rings (SSSR count). The third kappa shape index (κ3) is 4.41. The smallest absolute Gasteiger partial charge is 0.0897 e. The molecule has 3 heteroatoms. The molecule has 0 unspecified atom stereocenters. The fourth-order valence-corrected chi connectivity index (χ4v) is 2.94. The minimum atomic E-state index is 0.0118. The van der Waals surface area contributed by atoms with E-state index in [1.54, 1.807) is 0 Å². The van der Waals surface area contributed by atoms with Crippen LogP contribution in [0.25, 0.3) is 22.8 Å². The van der Waals surface area contributed by atoms with Gasteiger partial charge >= 0.3 is 0 Å². The van der Waals surface area contributed by atoms with E-state index in [4.69, 9.17) is 4.98 Å². The first-order chi connectivity index (χ1) is 12.5. The van der Waals surface area contributed by atoms with Gasteiger partial charge in [-0.2, -0.15) is 0 Å². The zero-order valence-corrected chi connectivity index (χ0v) is 17.5. The molecule has 3 nitrogen and oxygen atoms in total. The van der Waals surface area contributed by atoms with Crippen LogP contribution in [-0.4, -0.2) is 15.0 Å². The Morgan fingerprint density at radius 1 is 0.593 bits per heavy atom. The van der Waals surface area contributed by atoms with Gasteiger partial charge in [-0.25, -0.2) is 4.98 Å². The van der Waals surface area contributed by atoms with Gasteiger partial charge < -0.3 is 0 Å². The highest BCUT2D eigenvalue weighted by Crippen LogP contribution is 2.31. The highest BCUT2D eigenvalue weighted by atomic mass is 14.8. The van der Waals surface area contributed by atoms with Gasteiger partial charge in [-0.15, -0.1) is 0 Å². The van der Waals surface area contributed by atoms with Crippen LogP contribution < -0.4 is 0 Å². The maximum absolute atomic E-state index is 4.93. The van der Waals surface area contributed by atoms with E-state index >= 15 is 0 Å². The predicted molar refractivity (Wildman–Crippen MR) is 113 cm³/mol. The largest absolute Gasteiger partial charge is 0.255 e. The van der Waals surface area contributed by atoms with Gasteiger partial charge in [-0.1, -0.05) is 41.5 Å². The molecule has 27 heavy (non-hydrogen) atoms. The molecule has 0 aliphatic rings. The lowest BCUT2D eigenvalue weighted by atomic mass is 9.85. The number of nitrogens with zero attached hydrogens (tertiary/aromatic N) is 3. The fraction of sp³-hybridized carbons (Fsp3) is 0.375. The Morgan fingerprint density at radius 2 is 1.07 bits per heavy atom. The number of hydrogen-bond donors (Lipinski definition) is 0. The molecule has 0 radical (unpaired) electrons. The Balaban J connectivity index is 2.20. The van der Waals surface area contributed by atoms with Crippen molar-refractivity contribution < 1.29 is 0 Å². The number of pyridine rings is 3. The molecule has 3 aromatic heterocycles. The molecule has 0 saturated carbocycles. The lowest BCUT2D eigenvalue weighted by molar-refractivity contribution is 0.588. The summed E-state index contributed by atoms with van der Waals surface area (Å²) in [5.74, 6) is 0. The summed E-state index contributed by atoms with van der Waals surface area (Å²) in [6.45, 7) is 15.4.